The molecule has 0 aliphatic carbocycles. The van der Waals surface area contributed by atoms with Gasteiger partial charge in [0.25, 0.3) is 0 Å². The zero-order valence-corrected chi connectivity index (χ0v) is 12.5. The average molecular weight is 297 g/mol. The third-order valence-electron chi connectivity index (χ3n) is 1.99. The van der Waals surface area contributed by atoms with Crippen LogP contribution in [0.25, 0.3) is 0 Å². The Morgan fingerprint density at radius 2 is 2.05 bits per heavy atom. The zero-order valence-electron chi connectivity index (χ0n) is 11.7. The molecule has 0 unspecified atom stereocenters. The van der Waals surface area contributed by atoms with Crippen LogP contribution in [0.1, 0.15) is 33.6 Å². The molecule has 0 aromatic heterocycles. The number of ether oxygens (including phenoxy) is 1. The minimum Gasteiger partial charge on any atom is -0.444 e. The summed E-state index contributed by atoms with van der Waals surface area (Å²) in [6.07, 6.45) is 0.720. The molecule has 0 heterocycles. The van der Waals surface area contributed by atoms with E-state index < -0.39 is 11.7 Å². The number of nitrogens with two attached hydrogens (primary N) is 1. The predicted octanol–water partition coefficient (Wildman–Crippen LogP) is 0.557. The number of alkyl carbamates (subject to hydrolysis) is 1. The smallest absolute Gasteiger partial charge is 0.407 e. The Bertz CT molecular complexity index is 282. The lowest BCUT2D eigenvalue weighted by atomic mass is 10.1. The van der Waals surface area contributed by atoms with Crippen LogP contribution in [0.15, 0.2) is 0 Å². The van der Waals surface area contributed by atoms with Crippen LogP contribution in [0.2, 0.25) is 0 Å². The Morgan fingerprint density at radius 1 is 1.47 bits per heavy atom. The van der Waals surface area contributed by atoms with E-state index in [0.29, 0.717) is 19.4 Å². The molecule has 0 aromatic rings. The summed E-state index contributed by atoms with van der Waals surface area (Å²) in [5, 5.41) is 21.3. The zero-order chi connectivity index (χ0) is 14.2. The molecule has 7 nitrogen and oxygen atoms in total. The van der Waals surface area contributed by atoms with Crippen molar-refractivity contribution in [2.45, 2.75) is 45.3 Å². The number of guanidine groups is 1. The molecule has 8 heteroatoms. The molecule has 114 valence electrons. The molecule has 0 spiro atoms. The number of hydrogen-bond donors (Lipinski definition) is 5. The lowest BCUT2D eigenvalue weighted by molar-refractivity contribution is 0.0478. The molecule has 0 radical (unpaired) electrons. The largest absolute Gasteiger partial charge is 0.444 e. The van der Waals surface area contributed by atoms with Crippen LogP contribution in [0.4, 0.5) is 4.79 Å². The van der Waals surface area contributed by atoms with Crippen LogP contribution >= 0.6 is 12.4 Å². The normalized spacial score (nSPS) is 12.0. The molecular formula is C11H25ClN4O3. The Labute approximate surface area is 120 Å². The molecule has 0 fully saturated rings. The fourth-order valence-electron chi connectivity index (χ4n) is 1.25. The van der Waals surface area contributed by atoms with E-state index in [1.165, 1.54) is 0 Å². The van der Waals surface area contributed by atoms with E-state index in [1.807, 2.05) is 0 Å². The highest BCUT2D eigenvalue weighted by Gasteiger charge is 2.18. The van der Waals surface area contributed by atoms with Gasteiger partial charge < -0.3 is 26.2 Å². The van der Waals surface area contributed by atoms with Crippen molar-refractivity contribution in [1.29, 1.82) is 5.41 Å². The van der Waals surface area contributed by atoms with E-state index in [-0.39, 0.29) is 31.0 Å². The lowest BCUT2D eigenvalue weighted by Crippen LogP contribution is -2.41. The summed E-state index contributed by atoms with van der Waals surface area (Å²) in [7, 11) is 0. The number of halogens is 1. The van der Waals surface area contributed by atoms with Crippen LogP contribution in [0.3, 0.4) is 0 Å². The van der Waals surface area contributed by atoms with Gasteiger partial charge in [0.05, 0.1) is 12.6 Å². The van der Waals surface area contributed by atoms with Gasteiger partial charge in [-0.15, -0.1) is 12.4 Å². The summed E-state index contributed by atoms with van der Waals surface area (Å²) < 4.78 is 5.08. The second-order valence-corrected chi connectivity index (χ2v) is 5.01. The number of hydrogen-bond acceptors (Lipinski definition) is 4. The van der Waals surface area contributed by atoms with Crippen molar-refractivity contribution in [3.63, 3.8) is 0 Å². The number of amides is 1. The first-order chi connectivity index (χ1) is 8.24. The third-order valence-corrected chi connectivity index (χ3v) is 1.99. The van der Waals surface area contributed by atoms with Gasteiger partial charge in [0.1, 0.15) is 5.60 Å². The Hall–Kier alpha value is -1.21. The first kappa shape index (κ1) is 20.1. The maximum atomic E-state index is 11.5. The standard InChI is InChI=1S/C11H24N4O3.ClH/c1-11(2,3)18-10(17)15-8(7-16)5-4-6-14-9(12)13;/h8,16H,4-7H2,1-3H3,(H,15,17)(H4,12,13,14);1H/t8-;/m0./s1. The highest BCUT2D eigenvalue weighted by Crippen LogP contribution is 2.07. The number of carbonyl (C=O) groups excluding carboxylic acids is 1. The molecule has 1 atom stereocenters. The van der Waals surface area contributed by atoms with Crippen LogP contribution in [-0.4, -0.2) is 42.0 Å². The first-order valence-corrected chi connectivity index (χ1v) is 5.93. The molecule has 6 N–H and O–H groups in total. The number of aliphatic hydroxyl groups excluding tert-OH is 1. The lowest BCUT2D eigenvalue weighted by Gasteiger charge is -2.22. The summed E-state index contributed by atoms with van der Waals surface area (Å²) in [5.74, 6) is -0.0874. The van der Waals surface area contributed by atoms with Crippen LogP contribution in [-0.2, 0) is 4.74 Å². The van der Waals surface area contributed by atoms with Crippen molar-refractivity contribution < 1.29 is 14.6 Å². The molecule has 1 amide bonds. The maximum Gasteiger partial charge on any atom is 0.407 e. The molecule has 0 saturated carbocycles. The summed E-state index contributed by atoms with van der Waals surface area (Å²) in [4.78, 5) is 11.5. The molecule has 19 heavy (non-hydrogen) atoms. The van der Waals surface area contributed by atoms with Crippen LogP contribution in [0.5, 0.6) is 0 Å². The van der Waals surface area contributed by atoms with E-state index in [4.69, 9.17) is 21.0 Å². The Kier molecular flexibility index (Phi) is 10.3. The summed E-state index contributed by atoms with van der Waals surface area (Å²) in [6, 6.07) is -0.353. The van der Waals surface area contributed by atoms with Gasteiger partial charge >= 0.3 is 6.09 Å². The van der Waals surface area contributed by atoms with Crippen molar-refractivity contribution in [1.82, 2.24) is 10.6 Å². The highest BCUT2D eigenvalue weighted by molar-refractivity contribution is 5.85. The molecule has 0 aliphatic heterocycles. The fourth-order valence-corrected chi connectivity index (χ4v) is 1.25. The van der Waals surface area contributed by atoms with Crippen molar-refractivity contribution in [2.75, 3.05) is 13.2 Å². The highest BCUT2D eigenvalue weighted by atomic mass is 35.5. The molecule has 0 rings (SSSR count). The van der Waals surface area contributed by atoms with Crippen molar-refractivity contribution >= 4 is 24.5 Å². The maximum absolute atomic E-state index is 11.5. The number of rotatable bonds is 6. The van der Waals surface area contributed by atoms with Gasteiger partial charge in [0, 0.05) is 6.54 Å². The molecule has 0 aromatic carbocycles. The average Bonchev–Trinajstić information content (AvgIpc) is 2.19. The summed E-state index contributed by atoms with van der Waals surface area (Å²) in [5.41, 5.74) is 4.57. The minimum atomic E-state index is -0.555. The van der Waals surface area contributed by atoms with Crippen molar-refractivity contribution in [3.05, 3.63) is 0 Å². The van der Waals surface area contributed by atoms with Gasteiger partial charge in [-0.25, -0.2) is 4.79 Å². The SMILES string of the molecule is CC(C)(C)OC(=O)N[C@H](CO)CCCNC(=N)N.Cl. The van der Waals surface area contributed by atoms with E-state index in [1.54, 1.807) is 20.8 Å². The second kappa shape index (κ2) is 9.69. The van der Waals surface area contributed by atoms with Crippen molar-refractivity contribution in [3.8, 4) is 0 Å². The number of carbonyl (C=O) groups is 1. The summed E-state index contributed by atoms with van der Waals surface area (Å²) >= 11 is 0. The first-order valence-electron chi connectivity index (χ1n) is 5.93. The van der Waals surface area contributed by atoms with Gasteiger partial charge in [-0.3, -0.25) is 5.41 Å². The minimum absolute atomic E-state index is 0. The van der Waals surface area contributed by atoms with E-state index in [0.717, 1.165) is 0 Å². The van der Waals surface area contributed by atoms with Gasteiger partial charge in [-0.1, -0.05) is 0 Å². The molecule has 0 bridgehead atoms. The van der Waals surface area contributed by atoms with Gasteiger partial charge in [-0.05, 0) is 33.6 Å². The van der Waals surface area contributed by atoms with Gasteiger partial charge in [0.15, 0.2) is 5.96 Å². The van der Waals surface area contributed by atoms with Gasteiger partial charge in [0.2, 0.25) is 0 Å². The molecular weight excluding hydrogens is 272 g/mol. The Morgan fingerprint density at radius 3 is 2.47 bits per heavy atom. The topological polar surface area (TPSA) is 120 Å². The van der Waals surface area contributed by atoms with E-state index >= 15 is 0 Å². The number of nitrogens with one attached hydrogen (secondary N) is 3. The van der Waals surface area contributed by atoms with Crippen LogP contribution < -0.4 is 16.4 Å². The number of aliphatic hydroxyl groups is 1. The molecule has 0 saturated heterocycles. The quantitative estimate of drug-likeness (QED) is 0.279. The monoisotopic (exact) mass is 296 g/mol. The van der Waals surface area contributed by atoms with Gasteiger partial charge in [-0.2, -0.15) is 0 Å². The van der Waals surface area contributed by atoms with Crippen molar-refractivity contribution in [2.24, 2.45) is 5.73 Å². The fraction of sp³-hybridized carbons (Fsp3) is 0.818. The van der Waals surface area contributed by atoms with E-state index in [9.17, 15) is 4.79 Å². The van der Waals surface area contributed by atoms with Crippen LogP contribution in [0, 0.1) is 5.41 Å². The van der Waals surface area contributed by atoms with E-state index in [2.05, 4.69) is 10.6 Å². The summed E-state index contributed by atoms with van der Waals surface area (Å²) in [6.45, 7) is 5.70. The third kappa shape index (κ3) is 13.0. The predicted molar refractivity (Wildman–Crippen MR) is 76.6 cm³/mol. The second-order valence-electron chi connectivity index (χ2n) is 5.01. The Balaban J connectivity index is 0. The molecule has 0 aliphatic rings.